The molecule has 33 heavy (non-hydrogen) atoms. The highest BCUT2D eigenvalue weighted by molar-refractivity contribution is 6.17. The third kappa shape index (κ3) is 3.67. The second-order valence-electron chi connectivity index (χ2n) is 7.35. The Balaban J connectivity index is 1.84. The summed E-state index contributed by atoms with van der Waals surface area (Å²) in [6.07, 6.45) is 1.61. The number of anilines is 1. The Hall–Kier alpha value is -4.28. The van der Waals surface area contributed by atoms with Gasteiger partial charge in [0.1, 0.15) is 23.2 Å². The van der Waals surface area contributed by atoms with Crippen LogP contribution in [-0.4, -0.2) is 19.5 Å². The summed E-state index contributed by atoms with van der Waals surface area (Å²) in [6, 6.07) is 21.0. The predicted octanol–water partition coefficient (Wildman–Crippen LogP) is 5.48. The van der Waals surface area contributed by atoms with Gasteiger partial charge in [0.2, 0.25) is 0 Å². The van der Waals surface area contributed by atoms with Crippen LogP contribution in [0.2, 0.25) is 0 Å². The maximum atomic E-state index is 13.5. The Labute approximate surface area is 193 Å². The molecule has 3 heterocycles. The average Bonchev–Trinajstić information content (AvgIpc) is 3.22. The van der Waals surface area contributed by atoms with Gasteiger partial charge in [-0.05, 0) is 60.2 Å². The lowest BCUT2D eigenvalue weighted by atomic mass is 10.1. The highest BCUT2D eigenvalue weighted by atomic mass is 35.5. The van der Waals surface area contributed by atoms with Gasteiger partial charge in [0, 0.05) is 23.3 Å². The zero-order valence-corrected chi connectivity index (χ0v) is 18.0. The van der Waals surface area contributed by atoms with Crippen LogP contribution in [0.25, 0.3) is 39.5 Å². The number of nitrogen functional groups attached to an aromatic ring is 1. The van der Waals surface area contributed by atoms with Crippen LogP contribution in [0.15, 0.2) is 72.9 Å². The van der Waals surface area contributed by atoms with Gasteiger partial charge < -0.3 is 5.73 Å². The number of aromatic nitrogens is 4. The molecule has 0 saturated heterocycles. The van der Waals surface area contributed by atoms with Crippen molar-refractivity contribution in [1.29, 1.82) is 5.26 Å². The van der Waals surface area contributed by atoms with Crippen molar-refractivity contribution < 1.29 is 4.39 Å². The molecular weight excluding hydrogens is 439 g/mol. The van der Waals surface area contributed by atoms with Crippen molar-refractivity contribution in [1.82, 2.24) is 19.5 Å². The molecule has 0 atom stereocenters. The van der Waals surface area contributed by atoms with E-state index in [1.165, 1.54) is 12.1 Å². The molecule has 0 radical (unpaired) electrons. The lowest BCUT2D eigenvalue weighted by Crippen LogP contribution is -2.02. The number of nitrogens with two attached hydrogens (primary N) is 1. The summed E-state index contributed by atoms with van der Waals surface area (Å²) in [4.78, 5) is 13.8. The Kier molecular flexibility index (Phi) is 5.21. The van der Waals surface area contributed by atoms with E-state index in [2.05, 4.69) is 11.1 Å². The van der Waals surface area contributed by atoms with Gasteiger partial charge >= 0.3 is 0 Å². The molecule has 6 nitrogen and oxygen atoms in total. The molecule has 5 aromatic rings. The van der Waals surface area contributed by atoms with Crippen molar-refractivity contribution in [3.8, 4) is 34.4 Å². The van der Waals surface area contributed by atoms with E-state index in [1.807, 2.05) is 34.9 Å². The van der Waals surface area contributed by atoms with Crippen molar-refractivity contribution in [2.24, 2.45) is 0 Å². The topological polar surface area (TPSA) is 93.4 Å². The molecule has 0 unspecified atom stereocenters. The predicted molar refractivity (Wildman–Crippen MR) is 126 cm³/mol. The molecule has 2 N–H and O–H groups in total. The van der Waals surface area contributed by atoms with Gasteiger partial charge in [-0.2, -0.15) is 5.26 Å². The fraction of sp³-hybridized carbons (Fsp3) is 0.0400. The molecule has 0 aliphatic rings. The Morgan fingerprint density at radius 1 is 1.03 bits per heavy atom. The minimum atomic E-state index is -0.364. The Morgan fingerprint density at radius 3 is 2.45 bits per heavy atom. The number of hydrogen-bond donors (Lipinski definition) is 1. The molecular formula is C25H16ClFN6. The van der Waals surface area contributed by atoms with Crippen molar-refractivity contribution in [2.75, 3.05) is 5.73 Å². The van der Waals surface area contributed by atoms with Crippen LogP contribution < -0.4 is 5.73 Å². The minimum absolute atomic E-state index is 0.325. The molecule has 0 aliphatic carbocycles. The minimum Gasteiger partial charge on any atom is -0.383 e. The molecule has 0 saturated carbocycles. The average molecular weight is 455 g/mol. The van der Waals surface area contributed by atoms with Gasteiger partial charge in [-0.25, -0.2) is 19.3 Å². The molecule has 3 aromatic heterocycles. The summed E-state index contributed by atoms with van der Waals surface area (Å²) >= 11 is 5.97. The summed E-state index contributed by atoms with van der Waals surface area (Å²) in [6.45, 7) is 0. The van der Waals surface area contributed by atoms with E-state index >= 15 is 0 Å². The lowest BCUT2D eigenvalue weighted by Gasteiger charge is -2.11. The van der Waals surface area contributed by atoms with Crippen LogP contribution >= 0.6 is 11.6 Å². The molecule has 160 valence electrons. The summed E-state index contributed by atoms with van der Waals surface area (Å²) < 4.78 is 15.4. The van der Waals surface area contributed by atoms with E-state index in [-0.39, 0.29) is 5.82 Å². The second kappa shape index (κ2) is 8.34. The number of nitriles is 1. The molecule has 0 spiro atoms. The highest BCUT2D eigenvalue weighted by Crippen LogP contribution is 2.33. The van der Waals surface area contributed by atoms with E-state index in [1.54, 1.807) is 30.5 Å². The van der Waals surface area contributed by atoms with Gasteiger partial charge in [-0.1, -0.05) is 12.1 Å². The normalized spacial score (nSPS) is 10.9. The molecule has 0 bridgehead atoms. The van der Waals surface area contributed by atoms with Gasteiger partial charge in [-0.3, -0.25) is 4.57 Å². The van der Waals surface area contributed by atoms with Crippen molar-refractivity contribution in [3.63, 3.8) is 0 Å². The SMILES string of the molecule is N#Cc1cc2nc(-c3cccnc3N)n(-c3ccc(CCl)cc3)c2nc1-c1ccc(F)cc1. The van der Waals surface area contributed by atoms with E-state index in [0.29, 0.717) is 51.1 Å². The van der Waals surface area contributed by atoms with Crippen LogP contribution in [0, 0.1) is 17.1 Å². The summed E-state index contributed by atoms with van der Waals surface area (Å²) in [5.41, 5.74) is 11.0. The largest absolute Gasteiger partial charge is 0.383 e. The van der Waals surface area contributed by atoms with Gasteiger partial charge in [0.25, 0.3) is 0 Å². The first-order chi connectivity index (χ1) is 16.1. The Bertz CT molecular complexity index is 1520. The molecule has 0 fully saturated rings. The summed E-state index contributed by atoms with van der Waals surface area (Å²) in [5.74, 6) is 0.899. The number of alkyl halides is 1. The third-order valence-corrected chi connectivity index (χ3v) is 5.61. The Morgan fingerprint density at radius 2 is 1.79 bits per heavy atom. The first kappa shape index (κ1) is 20.6. The first-order valence-electron chi connectivity index (χ1n) is 10.0. The molecule has 2 aromatic carbocycles. The van der Waals surface area contributed by atoms with Gasteiger partial charge in [-0.15, -0.1) is 11.6 Å². The monoisotopic (exact) mass is 454 g/mol. The van der Waals surface area contributed by atoms with Gasteiger partial charge in [0.15, 0.2) is 11.5 Å². The molecule has 5 rings (SSSR count). The summed E-state index contributed by atoms with van der Waals surface area (Å²) in [7, 11) is 0. The molecule has 0 aliphatic heterocycles. The maximum Gasteiger partial charge on any atom is 0.165 e. The van der Waals surface area contributed by atoms with Crippen LogP contribution in [-0.2, 0) is 5.88 Å². The number of fused-ring (bicyclic) bond motifs is 1. The van der Waals surface area contributed by atoms with E-state index in [0.717, 1.165) is 11.3 Å². The zero-order valence-electron chi connectivity index (χ0n) is 17.2. The summed E-state index contributed by atoms with van der Waals surface area (Å²) in [5, 5.41) is 9.76. The number of pyridine rings is 2. The van der Waals surface area contributed by atoms with Crippen LogP contribution in [0.5, 0.6) is 0 Å². The number of halogens is 2. The second-order valence-corrected chi connectivity index (χ2v) is 7.62. The number of rotatable bonds is 4. The van der Waals surface area contributed by atoms with E-state index < -0.39 is 0 Å². The number of hydrogen-bond acceptors (Lipinski definition) is 5. The van der Waals surface area contributed by atoms with E-state index in [9.17, 15) is 9.65 Å². The number of benzene rings is 2. The van der Waals surface area contributed by atoms with Crippen molar-refractivity contribution >= 4 is 28.6 Å². The highest BCUT2D eigenvalue weighted by Gasteiger charge is 2.20. The van der Waals surface area contributed by atoms with Crippen LogP contribution in [0.3, 0.4) is 0 Å². The third-order valence-electron chi connectivity index (χ3n) is 5.30. The first-order valence-corrected chi connectivity index (χ1v) is 10.6. The van der Waals surface area contributed by atoms with Crippen molar-refractivity contribution in [3.05, 3.63) is 89.9 Å². The van der Waals surface area contributed by atoms with Gasteiger partial charge in [0.05, 0.1) is 16.8 Å². The van der Waals surface area contributed by atoms with Crippen LogP contribution in [0.1, 0.15) is 11.1 Å². The maximum absolute atomic E-state index is 13.5. The quantitative estimate of drug-likeness (QED) is 0.363. The van der Waals surface area contributed by atoms with Crippen molar-refractivity contribution in [2.45, 2.75) is 5.88 Å². The fourth-order valence-electron chi connectivity index (χ4n) is 3.68. The molecule has 8 heteroatoms. The van der Waals surface area contributed by atoms with E-state index in [4.69, 9.17) is 27.3 Å². The number of nitrogens with zero attached hydrogens (tertiary/aromatic N) is 5. The number of imidazole rings is 1. The molecule has 0 amide bonds. The lowest BCUT2D eigenvalue weighted by molar-refractivity contribution is 0.628. The van der Waals surface area contributed by atoms with Crippen LogP contribution in [0.4, 0.5) is 10.2 Å². The fourth-order valence-corrected chi connectivity index (χ4v) is 3.86. The zero-order chi connectivity index (χ0) is 22.9. The smallest absolute Gasteiger partial charge is 0.165 e. The standard InChI is InChI=1S/C25H16ClFN6/c26-13-15-3-9-19(10-4-15)33-24(20-2-1-11-30-23(20)29)31-21-12-17(14-28)22(32-25(21)33)16-5-7-18(27)8-6-16/h1-12H,13H2,(H2,29,30).